The molecule has 0 N–H and O–H groups in total. The molecule has 0 aliphatic rings. The Balaban J connectivity index is 3.61. The van der Waals surface area contributed by atoms with E-state index in [1.807, 2.05) is 13.8 Å². The Morgan fingerprint density at radius 3 is 2.22 bits per heavy atom. The summed E-state index contributed by atoms with van der Waals surface area (Å²) in [6, 6.07) is 3.15. The van der Waals surface area contributed by atoms with Crippen LogP contribution in [0, 0.1) is 6.92 Å². The molecule has 0 heterocycles. The van der Waals surface area contributed by atoms with Crippen LogP contribution in [0.5, 0.6) is 0 Å². The van der Waals surface area contributed by atoms with Crippen LogP contribution in [0.3, 0.4) is 0 Å². The summed E-state index contributed by atoms with van der Waals surface area (Å²) in [5.41, 5.74) is 1.74. The fraction of sp³-hybridized carbons (Fsp3) is 0.462. The van der Waals surface area contributed by atoms with Gasteiger partial charge in [-0.3, -0.25) is 0 Å². The molecule has 0 aromatic heterocycles. The number of hydrogen-bond donors (Lipinski definition) is 0. The number of rotatable bonds is 3. The molecule has 0 amide bonds. The lowest BCUT2D eigenvalue weighted by Crippen LogP contribution is -2.10. The maximum atomic E-state index is 11.8. The lowest BCUT2D eigenvalue weighted by molar-refractivity contribution is 0.0599. The third kappa shape index (κ3) is 2.90. The predicted octanol–water partition coefficient (Wildman–Crippen LogP) is 2.31. The summed E-state index contributed by atoms with van der Waals surface area (Å²) in [4.78, 5) is 11.8. The Morgan fingerprint density at radius 2 is 1.83 bits per heavy atom. The first kappa shape index (κ1) is 14.7. The highest BCUT2D eigenvalue weighted by Gasteiger charge is 2.20. The molecule has 0 unspecified atom stereocenters. The maximum absolute atomic E-state index is 11.8. The summed E-state index contributed by atoms with van der Waals surface area (Å²) in [6.07, 6.45) is 1.14. The van der Waals surface area contributed by atoms with Crippen molar-refractivity contribution in [3.8, 4) is 0 Å². The van der Waals surface area contributed by atoms with Crippen LogP contribution in [0.4, 0.5) is 0 Å². The van der Waals surface area contributed by atoms with Crippen molar-refractivity contribution >= 4 is 15.8 Å². The van der Waals surface area contributed by atoms with Gasteiger partial charge in [0.15, 0.2) is 9.84 Å². The second-order valence-corrected chi connectivity index (χ2v) is 6.61. The summed E-state index contributed by atoms with van der Waals surface area (Å²) in [7, 11) is -2.09. The third-order valence-electron chi connectivity index (χ3n) is 2.78. The van der Waals surface area contributed by atoms with E-state index >= 15 is 0 Å². The second-order valence-electron chi connectivity index (χ2n) is 4.62. The number of esters is 1. The van der Waals surface area contributed by atoms with Crippen LogP contribution in [0.2, 0.25) is 0 Å². The Bertz CT molecular complexity index is 571. The van der Waals surface area contributed by atoms with Gasteiger partial charge >= 0.3 is 5.97 Å². The molecule has 0 saturated heterocycles. The second kappa shape index (κ2) is 5.10. The van der Waals surface area contributed by atoms with Crippen molar-refractivity contribution < 1.29 is 17.9 Å². The smallest absolute Gasteiger partial charge is 0.338 e. The van der Waals surface area contributed by atoms with E-state index < -0.39 is 15.8 Å². The van der Waals surface area contributed by atoms with Crippen LogP contribution in [0.1, 0.15) is 41.3 Å². The van der Waals surface area contributed by atoms with Crippen molar-refractivity contribution in [1.29, 1.82) is 0 Å². The first-order valence-corrected chi connectivity index (χ1v) is 7.50. The van der Waals surface area contributed by atoms with Crippen molar-refractivity contribution in [2.24, 2.45) is 0 Å². The van der Waals surface area contributed by atoms with Crippen molar-refractivity contribution in [2.45, 2.75) is 31.6 Å². The lowest BCUT2D eigenvalue weighted by atomic mass is 9.98. The molecule has 0 aliphatic heterocycles. The molecule has 1 aromatic carbocycles. The van der Waals surface area contributed by atoms with Gasteiger partial charge < -0.3 is 4.74 Å². The number of methoxy groups -OCH3 is 1. The molecule has 0 spiro atoms. The molecule has 0 bridgehead atoms. The van der Waals surface area contributed by atoms with Gasteiger partial charge in [0.2, 0.25) is 0 Å². The molecule has 0 radical (unpaired) electrons. The van der Waals surface area contributed by atoms with Crippen LogP contribution in [-0.2, 0) is 14.6 Å². The van der Waals surface area contributed by atoms with Crippen molar-refractivity contribution in [3.05, 3.63) is 28.8 Å². The van der Waals surface area contributed by atoms with Gasteiger partial charge in [-0.1, -0.05) is 19.9 Å². The highest BCUT2D eigenvalue weighted by atomic mass is 32.2. The van der Waals surface area contributed by atoms with Gasteiger partial charge in [0.05, 0.1) is 17.6 Å². The zero-order valence-electron chi connectivity index (χ0n) is 11.3. The Labute approximate surface area is 108 Å². The number of benzene rings is 1. The Hall–Kier alpha value is -1.36. The number of carbonyl (C=O) groups is 1. The highest BCUT2D eigenvalue weighted by Crippen LogP contribution is 2.27. The molecule has 5 heteroatoms. The summed E-state index contributed by atoms with van der Waals surface area (Å²) in [6.45, 7) is 5.60. The predicted molar refractivity (Wildman–Crippen MR) is 69.7 cm³/mol. The molecular formula is C13H18O4S. The van der Waals surface area contributed by atoms with E-state index in [4.69, 9.17) is 0 Å². The molecule has 0 fully saturated rings. The van der Waals surface area contributed by atoms with E-state index in [-0.39, 0.29) is 10.8 Å². The molecule has 1 rings (SSSR count). The quantitative estimate of drug-likeness (QED) is 0.791. The first-order chi connectivity index (χ1) is 8.18. The van der Waals surface area contributed by atoms with Crippen molar-refractivity contribution in [1.82, 2.24) is 0 Å². The Morgan fingerprint density at radius 1 is 1.28 bits per heavy atom. The number of hydrogen-bond acceptors (Lipinski definition) is 4. The number of ether oxygens (including phenoxy) is 1. The van der Waals surface area contributed by atoms with E-state index in [1.165, 1.54) is 13.2 Å². The lowest BCUT2D eigenvalue weighted by Gasteiger charge is -2.15. The van der Waals surface area contributed by atoms with E-state index in [0.717, 1.165) is 17.4 Å². The number of aryl methyl sites for hydroxylation is 1. The van der Waals surface area contributed by atoms with Gasteiger partial charge in [-0.2, -0.15) is 0 Å². The summed E-state index contributed by atoms with van der Waals surface area (Å²) < 4.78 is 28.2. The van der Waals surface area contributed by atoms with Crippen molar-refractivity contribution in [3.63, 3.8) is 0 Å². The van der Waals surface area contributed by atoms with Crippen LogP contribution in [-0.4, -0.2) is 27.8 Å². The molecule has 0 atom stereocenters. The van der Waals surface area contributed by atoms with Crippen LogP contribution < -0.4 is 0 Å². The van der Waals surface area contributed by atoms with Gasteiger partial charge in [-0.15, -0.1) is 0 Å². The summed E-state index contributed by atoms with van der Waals surface area (Å²) in [5, 5.41) is 0. The van der Waals surface area contributed by atoms with Gasteiger partial charge in [-0.05, 0) is 30.0 Å². The standard InChI is InChI=1S/C13H18O4S/c1-8(2)10-6-9(3)11(13(14)17-4)7-12(10)18(5,15)16/h6-8H,1-5H3. The minimum Gasteiger partial charge on any atom is -0.465 e. The number of carbonyl (C=O) groups excluding carboxylic acids is 1. The third-order valence-corrected chi connectivity index (χ3v) is 3.94. The molecular weight excluding hydrogens is 252 g/mol. The Kier molecular flexibility index (Phi) is 4.16. The topological polar surface area (TPSA) is 60.4 Å². The molecule has 0 saturated carbocycles. The molecule has 100 valence electrons. The summed E-state index contributed by atoms with van der Waals surface area (Å²) >= 11 is 0. The molecule has 18 heavy (non-hydrogen) atoms. The summed E-state index contributed by atoms with van der Waals surface area (Å²) in [5.74, 6) is -0.451. The van der Waals surface area contributed by atoms with Crippen LogP contribution in [0.15, 0.2) is 17.0 Å². The minimum atomic E-state index is -3.37. The van der Waals surface area contributed by atoms with Gasteiger partial charge in [0, 0.05) is 6.26 Å². The average Bonchev–Trinajstić information content (AvgIpc) is 2.25. The van der Waals surface area contributed by atoms with Gasteiger partial charge in [0.1, 0.15) is 0 Å². The van der Waals surface area contributed by atoms with Gasteiger partial charge in [0.25, 0.3) is 0 Å². The monoisotopic (exact) mass is 270 g/mol. The van der Waals surface area contributed by atoms with Gasteiger partial charge in [-0.25, -0.2) is 13.2 Å². The zero-order valence-corrected chi connectivity index (χ0v) is 12.1. The minimum absolute atomic E-state index is 0.0696. The van der Waals surface area contributed by atoms with E-state index in [0.29, 0.717) is 5.56 Å². The molecule has 1 aromatic rings. The van der Waals surface area contributed by atoms with Crippen molar-refractivity contribution in [2.75, 3.05) is 13.4 Å². The van der Waals surface area contributed by atoms with E-state index in [9.17, 15) is 13.2 Å². The fourth-order valence-corrected chi connectivity index (χ4v) is 2.87. The first-order valence-electron chi connectivity index (χ1n) is 5.61. The zero-order chi connectivity index (χ0) is 14.1. The largest absolute Gasteiger partial charge is 0.465 e. The number of sulfone groups is 1. The fourth-order valence-electron chi connectivity index (χ4n) is 1.81. The average molecular weight is 270 g/mol. The molecule has 4 nitrogen and oxygen atoms in total. The highest BCUT2D eigenvalue weighted by molar-refractivity contribution is 7.90. The normalized spacial score (nSPS) is 11.7. The van der Waals surface area contributed by atoms with E-state index in [1.54, 1.807) is 13.0 Å². The maximum Gasteiger partial charge on any atom is 0.338 e. The van der Waals surface area contributed by atoms with Crippen LogP contribution >= 0.6 is 0 Å². The SMILES string of the molecule is COC(=O)c1cc(S(C)(=O)=O)c(C(C)C)cc1C. The molecule has 0 aliphatic carbocycles. The van der Waals surface area contributed by atoms with Crippen LogP contribution in [0.25, 0.3) is 0 Å². The van der Waals surface area contributed by atoms with E-state index in [2.05, 4.69) is 4.74 Å².